The van der Waals surface area contributed by atoms with Crippen molar-refractivity contribution in [3.63, 3.8) is 0 Å². The van der Waals surface area contributed by atoms with Crippen LogP contribution in [-0.4, -0.2) is 29.7 Å². The highest BCUT2D eigenvalue weighted by Gasteiger charge is 2.18. The predicted molar refractivity (Wildman–Crippen MR) is 67.6 cm³/mol. The van der Waals surface area contributed by atoms with E-state index >= 15 is 0 Å². The van der Waals surface area contributed by atoms with Crippen molar-refractivity contribution >= 4 is 23.0 Å². The number of benzene rings is 1. The maximum atomic E-state index is 10.9. The highest BCUT2D eigenvalue weighted by atomic mass is 35.5. The molecule has 1 N–H and O–H groups in total. The second-order valence-electron chi connectivity index (χ2n) is 3.35. The lowest BCUT2D eigenvalue weighted by Gasteiger charge is -2.21. The molecule has 0 unspecified atom stereocenters. The normalized spacial score (nSPS) is 10.0. The number of nitro benzene ring substituents is 1. The minimum Gasteiger partial charge on any atom is -0.395 e. The lowest BCUT2D eigenvalue weighted by atomic mass is 10.2. The molecular formula is C11H13ClN2O3. The van der Waals surface area contributed by atoms with Gasteiger partial charge in [0, 0.05) is 24.2 Å². The summed E-state index contributed by atoms with van der Waals surface area (Å²) in [4.78, 5) is 12.1. The zero-order valence-corrected chi connectivity index (χ0v) is 9.93. The van der Waals surface area contributed by atoms with Gasteiger partial charge in [-0.15, -0.1) is 6.58 Å². The van der Waals surface area contributed by atoms with Crippen molar-refractivity contribution < 1.29 is 10.0 Å². The molecule has 6 heteroatoms. The van der Waals surface area contributed by atoms with E-state index in [2.05, 4.69) is 6.58 Å². The van der Waals surface area contributed by atoms with E-state index in [1.807, 2.05) is 0 Å². The Bertz CT molecular complexity index is 423. The molecule has 0 heterocycles. The van der Waals surface area contributed by atoms with Gasteiger partial charge in [-0.05, 0) is 12.1 Å². The van der Waals surface area contributed by atoms with Crippen molar-refractivity contribution in [1.82, 2.24) is 0 Å². The van der Waals surface area contributed by atoms with Gasteiger partial charge in [0.15, 0.2) is 0 Å². The van der Waals surface area contributed by atoms with Crippen LogP contribution in [0, 0.1) is 10.1 Å². The standard InChI is InChI=1S/C11H13ClN2O3/c1-2-5-13(6-7-15)10-4-3-9(12)8-11(10)14(16)17/h2-4,8,15H,1,5-7H2. The molecule has 0 fully saturated rings. The molecule has 0 saturated carbocycles. The molecule has 0 amide bonds. The number of aliphatic hydroxyl groups is 1. The topological polar surface area (TPSA) is 66.6 Å². The van der Waals surface area contributed by atoms with Crippen molar-refractivity contribution in [2.75, 3.05) is 24.6 Å². The molecule has 1 aromatic carbocycles. The Labute approximate surface area is 104 Å². The van der Waals surface area contributed by atoms with Crippen molar-refractivity contribution in [3.8, 4) is 0 Å². The molecule has 0 aliphatic carbocycles. The lowest BCUT2D eigenvalue weighted by molar-refractivity contribution is -0.384. The third-order valence-corrected chi connectivity index (χ3v) is 2.43. The van der Waals surface area contributed by atoms with E-state index in [1.54, 1.807) is 23.1 Å². The number of nitrogens with zero attached hydrogens (tertiary/aromatic N) is 2. The molecule has 0 radical (unpaired) electrons. The Morgan fingerprint density at radius 1 is 1.59 bits per heavy atom. The Morgan fingerprint density at radius 2 is 2.29 bits per heavy atom. The van der Waals surface area contributed by atoms with Gasteiger partial charge in [0.05, 0.1) is 11.5 Å². The zero-order chi connectivity index (χ0) is 12.8. The fourth-order valence-corrected chi connectivity index (χ4v) is 1.66. The minimum atomic E-state index is -0.491. The van der Waals surface area contributed by atoms with Crippen molar-refractivity contribution in [2.24, 2.45) is 0 Å². The van der Waals surface area contributed by atoms with Crippen LogP contribution >= 0.6 is 11.6 Å². The molecule has 5 nitrogen and oxygen atoms in total. The van der Waals surface area contributed by atoms with Crippen LogP contribution in [0.1, 0.15) is 0 Å². The maximum absolute atomic E-state index is 10.9. The van der Waals surface area contributed by atoms with Gasteiger partial charge in [-0.3, -0.25) is 10.1 Å². The minimum absolute atomic E-state index is 0.0761. The van der Waals surface area contributed by atoms with Crippen molar-refractivity contribution in [2.45, 2.75) is 0 Å². The second-order valence-corrected chi connectivity index (χ2v) is 3.78. The number of hydrogen-bond donors (Lipinski definition) is 1. The van der Waals surface area contributed by atoms with Crippen LogP contribution < -0.4 is 4.90 Å². The van der Waals surface area contributed by atoms with Crippen LogP contribution in [0.4, 0.5) is 11.4 Å². The van der Waals surface area contributed by atoms with Crippen LogP contribution in [0.25, 0.3) is 0 Å². The van der Waals surface area contributed by atoms with Crippen LogP contribution in [0.3, 0.4) is 0 Å². The van der Waals surface area contributed by atoms with E-state index in [1.165, 1.54) is 6.07 Å². The van der Waals surface area contributed by atoms with E-state index in [9.17, 15) is 10.1 Å². The SMILES string of the molecule is C=CCN(CCO)c1ccc(Cl)cc1[N+](=O)[O-]. The average Bonchev–Trinajstić information content (AvgIpc) is 2.28. The van der Waals surface area contributed by atoms with Gasteiger partial charge in [-0.2, -0.15) is 0 Å². The summed E-state index contributed by atoms with van der Waals surface area (Å²) in [7, 11) is 0. The molecule has 1 rings (SSSR count). The van der Waals surface area contributed by atoms with Crippen molar-refractivity contribution in [1.29, 1.82) is 0 Å². The monoisotopic (exact) mass is 256 g/mol. The zero-order valence-electron chi connectivity index (χ0n) is 9.17. The maximum Gasteiger partial charge on any atom is 0.294 e. The van der Waals surface area contributed by atoms with Gasteiger partial charge < -0.3 is 10.0 Å². The van der Waals surface area contributed by atoms with E-state index in [0.717, 1.165) is 0 Å². The van der Waals surface area contributed by atoms with Gasteiger partial charge >= 0.3 is 0 Å². The number of rotatable bonds is 6. The van der Waals surface area contributed by atoms with Crippen LogP contribution in [-0.2, 0) is 0 Å². The smallest absolute Gasteiger partial charge is 0.294 e. The highest BCUT2D eigenvalue weighted by molar-refractivity contribution is 6.30. The summed E-state index contributed by atoms with van der Waals surface area (Å²) in [6, 6.07) is 4.45. The quantitative estimate of drug-likeness (QED) is 0.482. The molecule has 17 heavy (non-hydrogen) atoms. The Hall–Kier alpha value is -1.59. The van der Waals surface area contributed by atoms with Gasteiger partial charge in [0.2, 0.25) is 0 Å². The number of hydrogen-bond acceptors (Lipinski definition) is 4. The Morgan fingerprint density at radius 3 is 2.82 bits per heavy atom. The summed E-state index contributed by atoms with van der Waals surface area (Å²) >= 11 is 5.73. The van der Waals surface area contributed by atoms with E-state index in [4.69, 9.17) is 16.7 Å². The Balaban J connectivity index is 3.16. The summed E-state index contributed by atoms with van der Waals surface area (Å²) in [5.41, 5.74) is 0.348. The number of aliphatic hydroxyl groups excluding tert-OH is 1. The lowest BCUT2D eigenvalue weighted by Crippen LogP contribution is -2.27. The first kappa shape index (κ1) is 13.5. The summed E-state index contributed by atoms with van der Waals surface area (Å²) in [6.07, 6.45) is 1.62. The van der Waals surface area contributed by atoms with Gasteiger partial charge in [-0.1, -0.05) is 17.7 Å². The van der Waals surface area contributed by atoms with E-state index in [0.29, 0.717) is 23.8 Å². The molecule has 0 atom stereocenters. The number of nitro groups is 1. The first-order valence-electron chi connectivity index (χ1n) is 5.00. The highest BCUT2D eigenvalue weighted by Crippen LogP contribution is 2.30. The molecule has 0 saturated heterocycles. The fraction of sp³-hybridized carbons (Fsp3) is 0.273. The molecule has 1 aromatic rings. The third kappa shape index (κ3) is 3.44. The van der Waals surface area contributed by atoms with Gasteiger partial charge in [0.1, 0.15) is 5.69 Å². The van der Waals surface area contributed by atoms with Crippen LogP contribution in [0.5, 0.6) is 0 Å². The molecule has 0 spiro atoms. The fourth-order valence-electron chi connectivity index (χ4n) is 1.50. The predicted octanol–water partition coefficient (Wildman–Crippen LogP) is 2.23. The van der Waals surface area contributed by atoms with E-state index in [-0.39, 0.29) is 12.3 Å². The summed E-state index contributed by atoms with van der Waals surface area (Å²) in [5, 5.41) is 20.2. The first-order chi connectivity index (χ1) is 8.10. The largest absolute Gasteiger partial charge is 0.395 e. The third-order valence-electron chi connectivity index (χ3n) is 2.19. The molecule has 0 bridgehead atoms. The molecule has 0 aliphatic rings. The van der Waals surface area contributed by atoms with Crippen LogP contribution in [0.2, 0.25) is 5.02 Å². The molecule has 0 aliphatic heterocycles. The van der Waals surface area contributed by atoms with Gasteiger partial charge in [0.25, 0.3) is 5.69 Å². The molecule has 0 aromatic heterocycles. The first-order valence-corrected chi connectivity index (χ1v) is 5.38. The average molecular weight is 257 g/mol. The van der Waals surface area contributed by atoms with Crippen molar-refractivity contribution in [3.05, 3.63) is 46.0 Å². The summed E-state index contributed by atoms with van der Waals surface area (Å²) < 4.78 is 0. The number of halogens is 1. The molecular weight excluding hydrogens is 244 g/mol. The second kappa shape index (κ2) is 6.22. The van der Waals surface area contributed by atoms with Crippen LogP contribution in [0.15, 0.2) is 30.9 Å². The number of anilines is 1. The Kier molecular flexibility index (Phi) is 4.93. The summed E-state index contributed by atoms with van der Waals surface area (Å²) in [5.74, 6) is 0. The van der Waals surface area contributed by atoms with E-state index < -0.39 is 4.92 Å². The molecule has 92 valence electrons. The van der Waals surface area contributed by atoms with Gasteiger partial charge in [-0.25, -0.2) is 0 Å². The summed E-state index contributed by atoms with van der Waals surface area (Å²) in [6.45, 7) is 4.21.